The molecule has 1 heterocycles. The van der Waals surface area contributed by atoms with Gasteiger partial charge in [0.05, 0.1) is 17.6 Å². The number of para-hydroxylation sites is 1. The molecule has 0 radical (unpaired) electrons. The lowest BCUT2D eigenvalue weighted by Crippen LogP contribution is -2.33. The van der Waals surface area contributed by atoms with Gasteiger partial charge in [-0.05, 0) is 37.3 Å². The van der Waals surface area contributed by atoms with Crippen LogP contribution in [0.15, 0.2) is 48.5 Å². The highest BCUT2D eigenvalue weighted by atomic mass is 16.3. The Morgan fingerprint density at radius 3 is 2.65 bits per heavy atom. The van der Waals surface area contributed by atoms with E-state index in [4.69, 9.17) is 0 Å². The summed E-state index contributed by atoms with van der Waals surface area (Å²) < 4.78 is 1.99. The van der Waals surface area contributed by atoms with E-state index in [1.54, 1.807) is 17.0 Å². The summed E-state index contributed by atoms with van der Waals surface area (Å²) in [5.41, 5.74) is 3.12. The van der Waals surface area contributed by atoms with Crippen LogP contribution in [0.4, 0.5) is 5.69 Å². The topological polar surface area (TPSA) is 58.4 Å². The molecular weight excluding hydrogens is 290 g/mol. The summed E-state index contributed by atoms with van der Waals surface area (Å²) in [4.78, 5) is 18.9. The molecule has 0 fully saturated rings. The van der Waals surface area contributed by atoms with E-state index < -0.39 is 0 Å². The average molecular weight is 309 g/mol. The average Bonchev–Trinajstić information content (AvgIpc) is 2.87. The van der Waals surface area contributed by atoms with Gasteiger partial charge < -0.3 is 14.6 Å². The SMILES string of the molecule is Cc1nc2cc(C(=O)N(CCO)c3ccccc3)ccc2n1C. The van der Waals surface area contributed by atoms with E-state index in [9.17, 15) is 9.90 Å². The first-order valence-corrected chi connectivity index (χ1v) is 7.52. The minimum atomic E-state index is -0.143. The number of nitrogens with zero attached hydrogens (tertiary/aromatic N) is 3. The van der Waals surface area contributed by atoms with Crippen molar-refractivity contribution in [3.05, 3.63) is 59.9 Å². The number of aromatic nitrogens is 2. The van der Waals surface area contributed by atoms with Crippen LogP contribution in [0.3, 0.4) is 0 Å². The normalized spacial score (nSPS) is 10.9. The molecule has 1 aromatic heterocycles. The van der Waals surface area contributed by atoms with Gasteiger partial charge in [-0.3, -0.25) is 4.79 Å². The summed E-state index contributed by atoms with van der Waals surface area (Å²) in [5, 5.41) is 9.30. The van der Waals surface area contributed by atoms with Crippen LogP contribution in [-0.2, 0) is 7.05 Å². The Hall–Kier alpha value is -2.66. The number of imidazole rings is 1. The molecule has 2 aromatic carbocycles. The van der Waals surface area contributed by atoms with E-state index in [0.717, 1.165) is 22.5 Å². The number of fused-ring (bicyclic) bond motifs is 1. The first kappa shape index (κ1) is 15.2. The number of hydrogen-bond donors (Lipinski definition) is 1. The molecule has 0 aliphatic rings. The number of aryl methyl sites for hydroxylation is 2. The van der Waals surface area contributed by atoms with Crippen molar-refractivity contribution in [2.45, 2.75) is 6.92 Å². The fraction of sp³-hybridized carbons (Fsp3) is 0.222. The molecule has 0 saturated carbocycles. The Bertz CT molecular complexity index is 840. The zero-order chi connectivity index (χ0) is 16.4. The first-order valence-electron chi connectivity index (χ1n) is 7.52. The minimum absolute atomic E-state index is 0.0917. The third-order valence-corrected chi connectivity index (χ3v) is 3.99. The second kappa shape index (κ2) is 6.22. The van der Waals surface area contributed by atoms with E-state index in [1.807, 2.05) is 54.9 Å². The Morgan fingerprint density at radius 1 is 1.22 bits per heavy atom. The van der Waals surface area contributed by atoms with Gasteiger partial charge in [0.25, 0.3) is 5.91 Å². The molecule has 0 aliphatic heterocycles. The molecule has 5 heteroatoms. The van der Waals surface area contributed by atoms with Gasteiger partial charge >= 0.3 is 0 Å². The standard InChI is InChI=1S/C18H19N3O2/c1-13-19-16-12-14(8-9-17(16)20(13)2)18(23)21(10-11-22)15-6-4-3-5-7-15/h3-9,12,22H,10-11H2,1-2H3. The highest BCUT2D eigenvalue weighted by Gasteiger charge is 2.18. The summed E-state index contributed by atoms with van der Waals surface area (Å²) in [7, 11) is 1.95. The molecule has 3 aromatic rings. The summed E-state index contributed by atoms with van der Waals surface area (Å²) >= 11 is 0. The largest absolute Gasteiger partial charge is 0.395 e. The van der Waals surface area contributed by atoms with Crippen LogP contribution in [0.2, 0.25) is 0 Å². The lowest BCUT2D eigenvalue weighted by atomic mass is 10.1. The summed E-state index contributed by atoms with van der Waals surface area (Å²) in [6, 6.07) is 14.9. The van der Waals surface area contributed by atoms with Crippen LogP contribution < -0.4 is 4.90 Å². The van der Waals surface area contributed by atoms with Gasteiger partial charge in [0.2, 0.25) is 0 Å². The van der Waals surface area contributed by atoms with Crippen molar-refractivity contribution in [1.29, 1.82) is 0 Å². The van der Waals surface area contributed by atoms with Crippen molar-refractivity contribution in [1.82, 2.24) is 9.55 Å². The molecule has 1 N–H and O–H groups in total. The van der Waals surface area contributed by atoms with E-state index >= 15 is 0 Å². The summed E-state index contributed by atoms with van der Waals surface area (Å²) in [6.07, 6.45) is 0. The van der Waals surface area contributed by atoms with Crippen LogP contribution in [0, 0.1) is 6.92 Å². The molecular formula is C18H19N3O2. The predicted octanol–water partition coefficient (Wildman–Crippen LogP) is 2.52. The molecule has 118 valence electrons. The Kier molecular flexibility index (Phi) is 4.12. The van der Waals surface area contributed by atoms with Crippen molar-refractivity contribution < 1.29 is 9.90 Å². The molecule has 3 rings (SSSR count). The predicted molar refractivity (Wildman–Crippen MR) is 90.7 cm³/mol. The summed E-state index contributed by atoms with van der Waals surface area (Å²) in [6.45, 7) is 2.09. The van der Waals surface area contributed by atoms with Crippen molar-refractivity contribution in [2.24, 2.45) is 7.05 Å². The monoisotopic (exact) mass is 309 g/mol. The van der Waals surface area contributed by atoms with Crippen LogP contribution in [-0.4, -0.2) is 33.7 Å². The molecule has 23 heavy (non-hydrogen) atoms. The fourth-order valence-corrected chi connectivity index (χ4v) is 2.66. The molecule has 0 bridgehead atoms. The van der Waals surface area contributed by atoms with Gasteiger partial charge in [0, 0.05) is 24.8 Å². The van der Waals surface area contributed by atoms with Crippen LogP contribution in [0.5, 0.6) is 0 Å². The van der Waals surface area contributed by atoms with E-state index in [-0.39, 0.29) is 19.1 Å². The smallest absolute Gasteiger partial charge is 0.258 e. The highest BCUT2D eigenvalue weighted by Crippen LogP contribution is 2.20. The van der Waals surface area contributed by atoms with Gasteiger partial charge in [-0.1, -0.05) is 18.2 Å². The maximum absolute atomic E-state index is 12.9. The number of rotatable bonds is 4. The number of aliphatic hydroxyl groups is 1. The van der Waals surface area contributed by atoms with Gasteiger partial charge in [-0.15, -0.1) is 0 Å². The lowest BCUT2D eigenvalue weighted by Gasteiger charge is -2.22. The van der Waals surface area contributed by atoms with Crippen LogP contribution in [0.1, 0.15) is 16.2 Å². The number of benzene rings is 2. The van der Waals surface area contributed by atoms with E-state index in [2.05, 4.69) is 4.98 Å². The molecule has 5 nitrogen and oxygen atoms in total. The zero-order valence-corrected chi connectivity index (χ0v) is 13.2. The van der Waals surface area contributed by atoms with E-state index in [1.165, 1.54) is 0 Å². The Labute approximate surface area is 134 Å². The second-order valence-corrected chi connectivity index (χ2v) is 5.44. The van der Waals surface area contributed by atoms with E-state index in [0.29, 0.717) is 5.56 Å². The van der Waals surface area contributed by atoms with Crippen molar-refractivity contribution in [2.75, 3.05) is 18.1 Å². The molecule has 0 unspecified atom stereocenters. The molecule has 0 aliphatic carbocycles. The van der Waals surface area contributed by atoms with Gasteiger partial charge in [-0.25, -0.2) is 4.98 Å². The second-order valence-electron chi connectivity index (χ2n) is 5.44. The number of amides is 1. The number of hydrogen-bond acceptors (Lipinski definition) is 3. The van der Waals surface area contributed by atoms with Crippen molar-refractivity contribution >= 4 is 22.6 Å². The van der Waals surface area contributed by atoms with Gasteiger partial charge in [0.1, 0.15) is 5.82 Å². The van der Waals surface area contributed by atoms with Crippen LogP contribution in [0.25, 0.3) is 11.0 Å². The van der Waals surface area contributed by atoms with Crippen LogP contribution >= 0.6 is 0 Å². The maximum Gasteiger partial charge on any atom is 0.258 e. The fourth-order valence-electron chi connectivity index (χ4n) is 2.66. The highest BCUT2D eigenvalue weighted by molar-refractivity contribution is 6.07. The summed E-state index contributed by atoms with van der Waals surface area (Å²) in [5.74, 6) is 0.760. The number of aliphatic hydroxyl groups excluding tert-OH is 1. The maximum atomic E-state index is 12.9. The zero-order valence-electron chi connectivity index (χ0n) is 13.2. The molecule has 0 saturated heterocycles. The Morgan fingerprint density at radius 2 is 1.96 bits per heavy atom. The van der Waals surface area contributed by atoms with Crippen molar-refractivity contribution in [3.8, 4) is 0 Å². The minimum Gasteiger partial charge on any atom is -0.395 e. The van der Waals surface area contributed by atoms with Gasteiger partial charge in [0.15, 0.2) is 0 Å². The third kappa shape index (κ3) is 2.83. The molecule has 0 atom stereocenters. The first-order chi connectivity index (χ1) is 11.1. The molecule has 0 spiro atoms. The number of carbonyl (C=O) groups excluding carboxylic acids is 1. The quantitative estimate of drug-likeness (QED) is 0.805. The van der Waals surface area contributed by atoms with Crippen molar-refractivity contribution in [3.63, 3.8) is 0 Å². The number of carbonyl (C=O) groups is 1. The lowest BCUT2D eigenvalue weighted by molar-refractivity contribution is 0.0981. The Balaban J connectivity index is 2.00. The third-order valence-electron chi connectivity index (χ3n) is 3.99. The molecule has 1 amide bonds. The van der Waals surface area contributed by atoms with Gasteiger partial charge in [-0.2, -0.15) is 0 Å². The number of anilines is 1.